The maximum atomic E-state index is 15.3. The van der Waals surface area contributed by atoms with Crippen LogP contribution in [0, 0.1) is 34.4 Å². The fourth-order valence-electron chi connectivity index (χ4n) is 6.61. The number of likely N-dealkylation sites (tertiary alicyclic amines) is 1. The number of carboxylic acid groups (broad SMARTS) is 1. The predicted molar refractivity (Wildman–Crippen MR) is 121 cm³/mol. The maximum Gasteiger partial charge on any atom is 0.326 e. The number of amides is 1. The first-order valence-corrected chi connectivity index (χ1v) is 12.3. The number of benzene rings is 1. The summed E-state index contributed by atoms with van der Waals surface area (Å²) >= 11 is 0. The molecule has 0 radical (unpaired) electrons. The van der Waals surface area contributed by atoms with E-state index in [1.54, 1.807) is 11.6 Å². The van der Waals surface area contributed by atoms with E-state index in [2.05, 4.69) is 13.0 Å². The molecule has 1 aromatic rings. The molecule has 3 saturated carbocycles. The molecule has 1 heterocycles. The van der Waals surface area contributed by atoms with Gasteiger partial charge in [-0.05, 0) is 66.9 Å². The molecule has 6 heteroatoms. The topological polar surface area (TPSA) is 66.8 Å². The van der Waals surface area contributed by atoms with Crippen molar-refractivity contribution in [3.8, 4) is 5.75 Å². The highest BCUT2D eigenvalue weighted by molar-refractivity contribution is 5.98. The van der Waals surface area contributed by atoms with Crippen molar-refractivity contribution in [1.29, 1.82) is 0 Å². The molecule has 1 aromatic carbocycles. The highest BCUT2D eigenvalue weighted by Gasteiger charge is 2.69. The van der Waals surface area contributed by atoms with Crippen LogP contribution in [0.4, 0.5) is 4.39 Å². The third kappa shape index (κ3) is 3.39. The highest BCUT2D eigenvalue weighted by atomic mass is 19.1. The quantitative estimate of drug-likeness (QED) is 0.615. The number of aliphatic carboxylic acids is 1. The minimum Gasteiger partial charge on any atom is -0.493 e. The van der Waals surface area contributed by atoms with Gasteiger partial charge in [0.2, 0.25) is 0 Å². The van der Waals surface area contributed by atoms with Crippen LogP contribution in [0.25, 0.3) is 0 Å². The van der Waals surface area contributed by atoms with Crippen molar-refractivity contribution in [1.82, 2.24) is 4.90 Å². The smallest absolute Gasteiger partial charge is 0.326 e. The minimum absolute atomic E-state index is 0.0240. The summed E-state index contributed by atoms with van der Waals surface area (Å²) in [5, 5.41) is 9.80. The number of ether oxygens (including phenoxy) is 1. The number of halogens is 1. The van der Waals surface area contributed by atoms with Gasteiger partial charge in [-0.1, -0.05) is 32.4 Å². The molecule has 1 N–H and O–H groups in total. The Kier molecular flexibility index (Phi) is 4.38. The van der Waals surface area contributed by atoms with E-state index in [4.69, 9.17) is 4.74 Å². The molecule has 1 amide bonds. The van der Waals surface area contributed by atoms with Gasteiger partial charge in [-0.25, -0.2) is 9.18 Å². The molecule has 5 nitrogen and oxygen atoms in total. The Labute approximate surface area is 194 Å². The lowest BCUT2D eigenvalue weighted by molar-refractivity contribution is -0.142. The molecule has 5 atom stereocenters. The van der Waals surface area contributed by atoms with Gasteiger partial charge >= 0.3 is 5.97 Å². The van der Waals surface area contributed by atoms with Gasteiger partial charge in [-0.3, -0.25) is 4.79 Å². The average Bonchev–Trinajstić information content (AvgIpc) is 3.69. The third-order valence-corrected chi connectivity index (χ3v) is 9.09. The fraction of sp³-hybridized carbons (Fsp3) is 0.630. The van der Waals surface area contributed by atoms with Gasteiger partial charge in [-0.15, -0.1) is 0 Å². The molecular formula is C27H32FNO4. The van der Waals surface area contributed by atoms with Crippen LogP contribution in [0.5, 0.6) is 5.75 Å². The summed E-state index contributed by atoms with van der Waals surface area (Å²) in [7, 11) is 0. The van der Waals surface area contributed by atoms with E-state index >= 15 is 4.39 Å². The molecule has 0 bridgehead atoms. The number of hydrogen-bond acceptors (Lipinski definition) is 3. The zero-order valence-corrected chi connectivity index (χ0v) is 19.6. The van der Waals surface area contributed by atoms with Crippen LogP contribution in [0.1, 0.15) is 74.7 Å². The van der Waals surface area contributed by atoms with E-state index < -0.39 is 23.7 Å². The van der Waals surface area contributed by atoms with Crippen molar-refractivity contribution < 1.29 is 23.8 Å². The molecule has 33 heavy (non-hydrogen) atoms. The average molecular weight is 454 g/mol. The second-order valence-electron chi connectivity index (χ2n) is 12.0. The number of piperidine rings is 1. The van der Waals surface area contributed by atoms with Gasteiger partial charge in [0.25, 0.3) is 5.91 Å². The van der Waals surface area contributed by atoms with Crippen molar-refractivity contribution >= 4 is 11.9 Å². The van der Waals surface area contributed by atoms with Gasteiger partial charge in [0, 0.05) is 23.9 Å². The van der Waals surface area contributed by atoms with Crippen LogP contribution >= 0.6 is 0 Å². The minimum atomic E-state index is -1.00. The van der Waals surface area contributed by atoms with E-state index in [-0.39, 0.29) is 34.1 Å². The van der Waals surface area contributed by atoms with E-state index in [0.717, 1.165) is 31.2 Å². The van der Waals surface area contributed by atoms with Crippen molar-refractivity contribution in [2.24, 2.45) is 28.6 Å². The second-order valence-corrected chi connectivity index (χ2v) is 12.0. The van der Waals surface area contributed by atoms with Crippen LogP contribution in [0.3, 0.4) is 0 Å². The molecule has 0 spiro atoms. The zero-order chi connectivity index (χ0) is 23.3. The van der Waals surface area contributed by atoms with Crippen molar-refractivity contribution in [3.05, 3.63) is 40.7 Å². The summed E-state index contributed by atoms with van der Waals surface area (Å²) in [6.45, 7) is 7.23. The first kappa shape index (κ1) is 21.2. The number of carbonyl (C=O) groups is 2. The van der Waals surface area contributed by atoms with E-state index in [1.807, 2.05) is 13.8 Å². The maximum absolute atomic E-state index is 15.3. The Morgan fingerprint density at radius 2 is 1.97 bits per heavy atom. The number of carboxylic acids is 1. The first-order valence-electron chi connectivity index (χ1n) is 12.3. The fourth-order valence-corrected chi connectivity index (χ4v) is 6.61. The molecule has 4 aliphatic carbocycles. The van der Waals surface area contributed by atoms with E-state index in [1.165, 1.54) is 17.4 Å². The number of carbonyl (C=O) groups excluding carboxylic acids is 1. The molecule has 5 aliphatic rings. The summed E-state index contributed by atoms with van der Waals surface area (Å²) < 4.78 is 21.5. The van der Waals surface area contributed by atoms with Gasteiger partial charge < -0.3 is 14.7 Å². The lowest BCUT2D eigenvalue weighted by Gasteiger charge is -2.31. The lowest BCUT2D eigenvalue weighted by atomic mass is 9.79. The number of nitrogens with zero attached hydrogens (tertiary/aromatic N) is 1. The molecular weight excluding hydrogens is 421 g/mol. The molecule has 6 rings (SSSR count). The molecule has 176 valence electrons. The standard InChI is InChI=1S/C27H32FNO4/c1-26(2)19-12-29(23(22(19)26)25(31)32)24(30)18-9-17(14-4-5-14)21(10-20(18)28)33-13-27(3)7-6-15-8-16(15)11-27/h6,9-10,14,16,19,22-23H,4-5,7-8,11-13H2,1-3H3,(H,31,32)/t16?,19-,22-,23-,27?/m0/s1. The number of allylic oxidation sites excluding steroid dienone is 2. The van der Waals surface area contributed by atoms with Crippen LogP contribution in [-0.2, 0) is 4.79 Å². The molecule has 2 unspecified atom stereocenters. The Bertz CT molecular complexity index is 1090. The Morgan fingerprint density at radius 1 is 1.21 bits per heavy atom. The molecule has 4 fully saturated rings. The third-order valence-electron chi connectivity index (χ3n) is 9.09. The van der Waals surface area contributed by atoms with Gasteiger partial charge in [0.05, 0.1) is 12.2 Å². The Morgan fingerprint density at radius 3 is 2.64 bits per heavy atom. The van der Waals surface area contributed by atoms with Gasteiger partial charge in [-0.2, -0.15) is 0 Å². The van der Waals surface area contributed by atoms with Gasteiger partial charge in [0.1, 0.15) is 17.6 Å². The van der Waals surface area contributed by atoms with Crippen LogP contribution < -0.4 is 4.74 Å². The summed E-state index contributed by atoms with van der Waals surface area (Å²) in [6.07, 6.45) is 7.65. The monoisotopic (exact) mass is 453 g/mol. The number of fused-ring (bicyclic) bond motifs is 2. The lowest BCUT2D eigenvalue weighted by Crippen LogP contribution is -2.45. The summed E-state index contributed by atoms with van der Waals surface area (Å²) in [5.74, 6) is -0.522. The summed E-state index contributed by atoms with van der Waals surface area (Å²) in [5.41, 5.74) is 2.40. The summed E-state index contributed by atoms with van der Waals surface area (Å²) in [6, 6.07) is 2.12. The van der Waals surface area contributed by atoms with E-state index in [9.17, 15) is 14.7 Å². The zero-order valence-electron chi connectivity index (χ0n) is 19.6. The highest BCUT2D eigenvalue weighted by Crippen LogP contribution is 2.65. The van der Waals surface area contributed by atoms with Crippen molar-refractivity contribution in [2.45, 2.75) is 64.8 Å². The van der Waals surface area contributed by atoms with Crippen molar-refractivity contribution in [3.63, 3.8) is 0 Å². The Balaban J connectivity index is 1.24. The van der Waals surface area contributed by atoms with Crippen LogP contribution in [-0.4, -0.2) is 41.1 Å². The molecule has 1 saturated heterocycles. The number of hydrogen-bond donors (Lipinski definition) is 1. The van der Waals surface area contributed by atoms with E-state index in [0.29, 0.717) is 24.8 Å². The first-order chi connectivity index (χ1) is 15.6. The largest absolute Gasteiger partial charge is 0.493 e. The second kappa shape index (κ2) is 6.83. The van der Waals surface area contributed by atoms with Crippen LogP contribution in [0.15, 0.2) is 23.8 Å². The SMILES string of the molecule is CC1(COc2cc(F)c(C(=O)N3C[C@H]4[C@@H]([C@H]3C(=O)O)C4(C)C)cc2C2CC2)CC=C2CC2C1. The Hall–Kier alpha value is -2.37. The van der Waals surface area contributed by atoms with Gasteiger partial charge in [0.15, 0.2) is 0 Å². The summed E-state index contributed by atoms with van der Waals surface area (Å²) in [4.78, 5) is 26.7. The number of rotatable bonds is 6. The van der Waals surface area contributed by atoms with Crippen LogP contribution in [0.2, 0.25) is 0 Å². The predicted octanol–water partition coefficient (Wildman–Crippen LogP) is 5.01. The normalized spacial score (nSPS) is 35.4. The molecule has 0 aromatic heterocycles. The molecule has 1 aliphatic heterocycles. The van der Waals surface area contributed by atoms with Crippen molar-refractivity contribution in [2.75, 3.05) is 13.2 Å².